The van der Waals surface area contributed by atoms with Crippen LogP contribution in [-0.4, -0.2) is 37.4 Å². The van der Waals surface area contributed by atoms with E-state index in [0.29, 0.717) is 17.8 Å². The van der Waals surface area contributed by atoms with Gasteiger partial charge in [0, 0.05) is 12.1 Å². The van der Waals surface area contributed by atoms with E-state index in [4.69, 9.17) is 0 Å². The van der Waals surface area contributed by atoms with Gasteiger partial charge in [0.05, 0.1) is 11.8 Å². The predicted molar refractivity (Wildman–Crippen MR) is 103 cm³/mol. The van der Waals surface area contributed by atoms with Gasteiger partial charge < -0.3 is 9.47 Å². The lowest BCUT2D eigenvalue weighted by Crippen LogP contribution is -2.39. The minimum atomic E-state index is 0.234. The average Bonchev–Trinajstić information content (AvgIpc) is 3.36. The summed E-state index contributed by atoms with van der Waals surface area (Å²) in [7, 11) is 0. The molecule has 2 aromatic rings. The molecule has 6 heteroatoms. The summed E-state index contributed by atoms with van der Waals surface area (Å²) in [6.07, 6.45) is 7.38. The smallest absolute Gasteiger partial charge is 0.233 e. The molecule has 138 valence electrons. The number of rotatable bonds is 6. The highest BCUT2D eigenvalue weighted by Crippen LogP contribution is 2.41. The van der Waals surface area contributed by atoms with Crippen molar-refractivity contribution in [3.05, 3.63) is 41.7 Å². The number of thioether (sulfide) groups is 1. The first-order chi connectivity index (χ1) is 12.6. The molecule has 0 radical (unpaired) electrons. The van der Waals surface area contributed by atoms with Crippen LogP contribution in [0.4, 0.5) is 0 Å². The molecule has 1 heterocycles. The number of nitrogens with zero attached hydrogens (tertiary/aromatic N) is 4. The molecule has 0 spiro atoms. The molecule has 2 aliphatic rings. The second-order valence-electron chi connectivity index (χ2n) is 7.54. The van der Waals surface area contributed by atoms with Crippen molar-refractivity contribution in [3.8, 4) is 0 Å². The number of amides is 1. The number of benzene rings is 1. The fourth-order valence-electron chi connectivity index (χ4n) is 3.89. The molecular weight excluding hydrogens is 344 g/mol. The molecule has 1 aromatic heterocycles. The van der Waals surface area contributed by atoms with Crippen LogP contribution in [0.15, 0.2) is 35.7 Å². The summed E-state index contributed by atoms with van der Waals surface area (Å²) in [6.45, 7) is 4.20. The van der Waals surface area contributed by atoms with Gasteiger partial charge in [-0.1, -0.05) is 36.0 Å². The monoisotopic (exact) mass is 370 g/mol. The Hall–Kier alpha value is -1.82. The van der Waals surface area contributed by atoms with Gasteiger partial charge in [0.15, 0.2) is 5.16 Å². The van der Waals surface area contributed by atoms with E-state index in [1.807, 2.05) is 4.57 Å². The third-order valence-corrected chi connectivity index (χ3v) is 6.27. The molecule has 4 rings (SSSR count). The number of carbonyl (C=O) groups is 1. The lowest BCUT2D eigenvalue weighted by atomic mass is 9.86. The van der Waals surface area contributed by atoms with Crippen LogP contribution < -0.4 is 0 Å². The fourth-order valence-corrected chi connectivity index (χ4v) is 4.81. The zero-order valence-electron chi connectivity index (χ0n) is 15.5. The zero-order valence-corrected chi connectivity index (χ0v) is 16.3. The average molecular weight is 371 g/mol. The Labute approximate surface area is 159 Å². The van der Waals surface area contributed by atoms with Crippen molar-refractivity contribution < 1.29 is 4.79 Å². The first-order valence-corrected chi connectivity index (χ1v) is 10.5. The number of aromatic nitrogens is 3. The van der Waals surface area contributed by atoms with Crippen LogP contribution in [0.25, 0.3) is 0 Å². The Kier molecular flexibility index (Phi) is 5.02. The lowest BCUT2D eigenvalue weighted by Gasteiger charge is -2.36. The second kappa shape index (κ2) is 7.43. The quantitative estimate of drug-likeness (QED) is 0.721. The topological polar surface area (TPSA) is 51.0 Å². The molecule has 2 aliphatic carbocycles. The van der Waals surface area contributed by atoms with Crippen LogP contribution >= 0.6 is 11.8 Å². The third-order valence-electron chi connectivity index (χ3n) is 5.32. The van der Waals surface area contributed by atoms with Crippen molar-refractivity contribution in [1.29, 1.82) is 0 Å². The molecular formula is C20H26N4OS. The van der Waals surface area contributed by atoms with E-state index in [1.54, 1.807) is 6.33 Å². The van der Waals surface area contributed by atoms with Gasteiger partial charge in [-0.2, -0.15) is 0 Å². The summed E-state index contributed by atoms with van der Waals surface area (Å²) in [6, 6.07) is 9.60. The number of hydrogen-bond acceptors (Lipinski definition) is 4. The van der Waals surface area contributed by atoms with Crippen molar-refractivity contribution in [2.24, 2.45) is 0 Å². The minimum absolute atomic E-state index is 0.234. The summed E-state index contributed by atoms with van der Waals surface area (Å²) < 4.78 is 2.02. The van der Waals surface area contributed by atoms with Crippen LogP contribution in [0.5, 0.6) is 0 Å². The van der Waals surface area contributed by atoms with Crippen LogP contribution in [0.3, 0.4) is 0 Å². The van der Waals surface area contributed by atoms with Crippen molar-refractivity contribution in [3.63, 3.8) is 0 Å². The zero-order chi connectivity index (χ0) is 18.1. The maximum atomic E-state index is 13.2. The van der Waals surface area contributed by atoms with Crippen LogP contribution in [-0.2, 0) is 11.2 Å². The van der Waals surface area contributed by atoms with E-state index >= 15 is 0 Å². The van der Waals surface area contributed by atoms with Gasteiger partial charge in [-0.15, -0.1) is 10.2 Å². The molecule has 26 heavy (non-hydrogen) atoms. The van der Waals surface area contributed by atoms with Crippen molar-refractivity contribution in [2.45, 2.75) is 69.2 Å². The normalized spacial score (nSPS) is 19.4. The Morgan fingerprint density at radius 2 is 2.12 bits per heavy atom. The third kappa shape index (κ3) is 3.52. The number of hydrogen-bond donors (Lipinski definition) is 0. The predicted octanol–water partition coefficient (Wildman–Crippen LogP) is 4.02. The maximum Gasteiger partial charge on any atom is 0.233 e. The Morgan fingerprint density at radius 3 is 2.88 bits per heavy atom. The largest absolute Gasteiger partial charge is 0.332 e. The molecule has 1 saturated carbocycles. The van der Waals surface area contributed by atoms with E-state index in [-0.39, 0.29) is 11.9 Å². The molecule has 0 bridgehead atoms. The molecule has 0 saturated heterocycles. The van der Waals surface area contributed by atoms with Gasteiger partial charge in [-0.05, 0) is 57.1 Å². The van der Waals surface area contributed by atoms with Gasteiger partial charge in [0.2, 0.25) is 5.91 Å². The molecule has 0 aliphatic heterocycles. The Balaban J connectivity index is 1.51. The number of aryl methyl sites for hydroxylation is 1. The lowest BCUT2D eigenvalue weighted by molar-refractivity contribution is -0.131. The second-order valence-corrected chi connectivity index (χ2v) is 8.48. The number of carbonyl (C=O) groups excluding carboxylic acids is 1. The first-order valence-electron chi connectivity index (χ1n) is 9.56. The first kappa shape index (κ1) is 17.6. The molecule has 1 amide bonds. The van der Waals surface area contributed by atoms with E-state index in [0.717, 1.165) is 37.3 Å². The van der Waals surface area contributed by atoms with E-state index in [2.05, 4.69) is 53.2 Å². The van der Waals surface area contributed by atoms with Crippen LogP contribution in [0.2, 0.25) is 0 Å². The molecule has 1 atom stereocenters. The Morgan fingerprint density at radius 1 is 1.31 bits per heavy atom. The molecule has 1 aromatic carbocycles. The minimum Gasteiger partial charge on any atom is -0.332 e. The van der Waals surface area contributed by atoms with Crippen LogP contribution in [0.1, 0.15) is 62.7 Å². The molecule has 5 nitrogen and oxygen atoms in total. The molecule has 1 fully saturated rings. The SMILES string of the molecule is CC(C)n1cnnc1SCC(=O)N(C1CC1)C1CCCc2ccccc21. The van der Waals surface area contributed by atoms with Gasteiger partial charge in [0.25, 0.3) is 0 Å². The van der Waals surface area contributed by atoms with Crippen LogP contribution in [0, 0.1) is 0 Å². The van der Waals surface area contributed by atoms with Crippen molar-refractivity contribution in [1.82, 2.24) is 19.7 Å². The van der Waals surface area contributed by atoms with Gasteiger partial charge in [0.1, 0.15) is 6.33 Å². The Bertz CT molecular complexity index is 784. The maximum absolute atomic E-state index is 13.2. The van der Waals surface area contributed by atoms with Crippen molar-refractivity contribution >= 4 is 17.7 Å². The molecule has 0 N–H and O–H groups in total. The highest BCUT2D eigenvalue weighted by atomic mass is 32.2. The van der Waals surface area contributed by atoms with Gasteiger partial charge in [-0.3, -0.25) is 4.79 Å². The highest BCUT2D eigenvalue weighted by Gasteiger charge is 2.39. The van der Waals surface area contributed by atoms with Gasteiger partial charge in [-0.25, -0.2) is 0 Å². The highest BCUT2D eigenvalue weighted by molar-refractivity contribution is 7.99. The summed E-state index contributed by atoms with van der Waals surface area (Å²) in [4.78, 5) is 15.3. The van der Waals surface area contributed by atoms with Crippen molar-refractivity contribution in [2.75, 3.05) is 5.75 Å². The summed E-state index contributed by atoms with van der Waals surface area (Å²) >= 11 is 1.51. The van der Waals surface area contributed by atoms with Gasteiger partial charge >= 0.3 is 0 Å². The summed E-state index contributed by atoms with van der Waals surface area (Å²) in [5.41, 5.74) is 2.77. The van der Waals surface area contributed by atoms with E-state index < -0.39 is 0 Å². The fraction of sp³-hybridized carbons (Fsp3) is 0.550. The van der Waals surface area contributed by atoms with E-state index in [9.17, 15) is 4.79 Å². The number of fused-ring (bicyclic) bond motifs is 1. The molecule has 1 unspecified atom stereocenters. The standard InChI is InChI=1S/C20H26N4OS/c1-14(2)23-13-21-22-20(23)26-12-19(25)24(16-10-11-16)18-9-5-7-15-6-3-4-8-17(15)18/h3-4,6,8,13-14,16,18H,5,7,9-12H2,1-2H3. The summed E-state index contributed by atoms with van der Waals surface area (Å²) in [5, 5.41) is 9.01. The van der Waals surface area contributed by atoms with E-state index in [1.165, 1.54) is 22.9 Å². The summed E-state index contributed by atoms with van der Waals surface area (Å²) in [5.74, 6) is 0.665.